The lowest BCUT2D eigenvalue weighted by atomic mass is 10.1. The van der Waals surface area contributed by atoms with Crippen LogP contribution in [-0.2, 0) is 0 Å². The number of amides is 1. The summed E-state index contributed by atoms with van der Waals surface area (Å²) in [6, 6.07) is 9.19. The molecule has 0 saturated heterocycles. The van der Waals surface area contributed by atoms with Gasteiger partial charge in [0, 0.05) is 5.39 Å². The molecule has 1 aromatic carbocycles. The molecule has 1 amide bonds. The van der Waals surface area contributed by atoms with Gasteiger partial charge in [-0.15, -0.1) is 10.2 Å². The van der Waals surface area contributed by atoms with E-state index in [2.05, 4.69) is 25.6 Å². The average Bonchev–Trinajstić information content (AvgIpc) is 2.91. The molecule has 0 radical (unpaired) electrons. The second-order valence-corrected chi connectivity index (χ2v) is 3.68. The van der Waals surface area contributed by atoms with Crippen LogP contribution in [0.15, 0.2) is 30.3 Å². The van der Waals surface area contributed by atoms with Crippen LogP contribution in [0.3, 0.4) is 0 Å². The van der Waals surface area contributed by atoms with Crippen LogP contribution in [0.5, 0.6) is 0 Å². The summed E-state index contributed by atoms with van der Waals surface area (Å²) in [6.07, 6.45) is 0. The minimum absolute atomic E-state index is 0.134. The lowest BCUT2D eigenvalue weighted by molar-refractivity contribution is 0.0996. The maximum atomic E-state index is 11.4. The van der Waals surface area contributed by atoms with Crippen LogP contribution in [0.1, 0.15) is 10.5 Å². The van der Waals surface area contributed by atoms with Crippen molar-refractivity contribution in [3.63, 3.8) is 0 Å². The van der Waals surface area contributed by atoms with E-state index in [-0.39, 0.29) is 5.69 Å². The number of carbonyl (C=O) groups excluding carboxylic acids is 1. The summed E-state index contributed by atoms with van der Waals surface area (Å²) in [7, 11) is 0. The smallest absolute Gasteiger partial charge is 0.268 e. The van der Waals surface area contributed by atoms with Gasteiger partial charge in [-0.1, -0.05) is 18.2 Å². The Balaban J connectivity index is 2.34. The van der Waals surface area contributed by atoms with Gasteiger partial charge >= 0.3 is 0 Å². The number of fused-ring (bicyclic) bond motifs is 1. The number of rotatable bonds is 2. The highest BCUT2D eigenvalue weighted by Crippen LogP contribution is 2.23. The molecule has 88 valence electrons. The third-order valence-corrected chi connectivity index (χ3v) is 2.54. The van der Waals surface area contributed by atoms with Crippen LogP contribution in [0, 0.1) is 0 Å². The molecule has 3 N–H and O–H groups in total. The molecule has 0 bridgehead atoms. The number of nitrogens with one attached hydrogen (secondary N) is 1. The largest absolute Gasteiger partial charge is 0.364 e. The van der Waals surface area contributed by atoms with E-state index in [1.807, 2.05) is 24.3 Å². The number of aromatic nitrogens is 5. The summed E-state index contributed by atoms with van der Waals surface area (Å²) in [5.74, 6) is -0.331. The van der Waals surface area contributed by atoms with Gasteiger partial charge in [0.15, 0.2) is 0 Å². The third kappa shape index (κ3) is 1.58. The maximum Gasteiger partial charge on any atom is 0.268 e. The molecule has 0 aliphatic carbocycles. The fourth-order valence-electron chi connectivity index (χ4n) is 1.75. The zero-order valence-electron chi connectivity index (χ0n) is 9.16. The highest BCUT2D eigenvalue weighted by atomic mass is 16.1. The van der Waals surface area contributed by atoms with Crippen LogP contribution < -0.4 is 5.73 Å². The highest BCUT2D eigenvalue weighted by molar-refractivity contribution is 6.00. The Hall–Kier alpha value is -2.83. The number of para-hydroxylation sites is 1. The SMILES string of the molecule is NC(=O)c1nc2ccccc2cc1-c1nn[nH]n1. The normalized spacial score (nSPS) is 10.7. The number of nitrogens with zero attached hydrogens (tertiary/aromatic N) is 4. The Labute approximate surface area is 101 Å². The topological polar surface area (TPSA) is 110 Å². The number of H-pyrrole nitrogens is 1. The highest BCUT2D eigenvalue weighted by Gasteiger charge is 2.16. The van der Waals surface area contributed by atoms with Gasteiger partial charge in [-0.05, 0) is 17.3 Å². The Kier molecular flexibility index (Phi) is 2.23. The molecule has 0 unspecified atom stereocenters. The van der Waals surface area contributed by atoms with Crippen LogP contribution in [0.4, 0.5) is 0 Å². The van der Waals surface area contributed by atoms with E-state index in [4.69, 9.17) is 5.73 Å². The van der Waals surface area contributed by atoms with Crippen LogP contribution in [-0.4, -0.2) is 31.5 Å². The summed E-state index contributed by atoms with van der Waals surface area (Å²) < 4.78 is 0. The Morgan fingerprint density at radius 2 is 2.11 bits per heavy atom. The number of nitrogens with two attached hydrogens (primary N) is 1. The molecule has 0 fully saturated rings. The van der Waals surface area contributed by atoms with Gasteiger partial charge in [-0.3, -0.25) is 4.79 Å². The lowest BCUT2D eigenvalue weighted by Gasteiger charge is -2.04. The Morgan fingerprint density at radius 3 is 2.83 bits per heavy atom. The van der Waals surface area contributed by atoms with Gasteiger partial charge in [0.2, 0.25) is 5.82 Å². The predicted molar refractivity (Wildman–Crippen MR) is 63.4 cm³/mol. The number of primary amides is 1. The van der Waals surface area contributed by atoms with Crippen LogP contribution >= 0.6 is 0 Å². The lowest BCUT2D eigenvalue weighted by Crippen LogP contribution is -2.15. The molecule has 0 aliphatic heterocycles. The summed E-state index contributed by atoms with van der Waals surface area (Å²) >= 11 is 0. The summed E-state index contributed by atoms with van der Waals surface area (Å²) in [6.45, 7) is 0. The van der Waals surface area contributed by atoms with E-state index in [9.17, 15) is 4.79 Å². The molecule has 2 heterocycles. The molecule has 7 nitrogen and oxygen atoms in total. The van der Waals surface area contributed by atoms with Gasteiger partial charge in [-0.25, -0.2) is 4.98 Å². The first-order chi connectivity index (χ1) is 8.75. The van der Waals surface area contributed by atoms with Crippen molar-refractivity contribution in [3.05, 3.63) is 36.0 Å². The Morgan fingerprint density at radius 1 is 1.28 bits per heavy atom. The molecule has 2 aromatic heterocycles. The number of tetrazole rings is 1. The molecular weight excluding hydrogens is 232 g/mol. The first-order valence-electron chi connectivity index (χ1n) is 5.19. The van der Waals surface area contributed by atoms with Gasteiger partial charge in [-0.2, -0.15) is 5.21 Å². The number of carbonyl (C=O) groups is 1. The van der Waals surface area contributed by atoms with Crippen molar-refractivity contribution in [1.29, 1.82) is 0 Å². The standard InChI is InChI=1S/C11H8N6O/c12-10(18)9-7(11-14-16-17-15-11)5-6-3-1-2-4-8(6)13-9/h1-5H,(H2,12,18)(H,14,15,16,17). The monoisotopic (exact) mass is 240 g/mol. The van der Waals surface area contributed by atoms with Crippen molar-refractivity contribution in [3.8, 4) is 11.4 Å². The Bertz CT molecular complexity index is 721. The number of pyridine rings is 1. The summed E-state index contributed by atoms with van der Waals surface area (Å²) in [5, 5.41) is 14.4. The van der Waals surface area contributed by atoms with Crippen LogP contribution in [0.2, 0.25) is 0 Å². The van der Waals surface area contributed by atoms with Gasteiger partial charge in [0.05, 0.1) is 11.1 Å². The first-order valence-corrected chi connectivity index (χ1v) is 5.19. The summed E-state index contributed by atoms with van der Waals surface area (Å²) in [5.41, 5.74) is 6.62. The van der Waals surface area contributed by atoms with Crippen molar-refractivity contribution in [2.75, 3.05) is 0 Å². The number of benzene rings is 1. The van der Waals surface area contributed by atoms with Gasteiger partial charge < -0.3 is 5.73 Å². The van der Waals surface area contributed by atoms with E-state index >= 15 is 0 Å². The molecule has 3 aromatic rings. The quantitative estimate of drug-likeness (QED) is 0.678. The predicted octanol–water partition coefficient (Wildman–Crippen LogP) is 0.514. The fourth-order valence-corrected chi connectivity index (χ4v) is 1.75. The number of aromatic amines is 1. The van der Waals surface area contributed by atoms with Crippen molar-refractivity contribution in [2.45, 2.75) is 0 Å². The minimum atomic E-state index is -0.624. The molecule has 7 heteroatoms. The minimum Gasteiger partial charge on any atom is -0.364 e. The zero-order valence-corrected chi connectivity index (χ0v) is 9.16. The van der Waals surface area contributed by atoms with Crippen molar-refractivity contribution in [1.82, 2.24) is 25.6 Å². The third-order valence-electron chi connectivity index (χ3n) is 2.54. The second-order valence-electron chi connectivity index (χ2n) is 3.68. The second kappa shape index (κ2) is 3.88. The number of hydrogen-bond donors (Lipinski definition) is 2. The molecule has 18 heavy (non-hydrogen) atoms. The zero-order chi connectivity index (χ0) is 12.5. The van der Waals surface area contributed by atoms with Crippen LogP contribution in [0.25, 0.3) is 22.3 Å². The summed E-state index contributed by atoms with van der Waals surface area (Å²) in [4.78, 5) is 15.7. The fraction of sp³-hybridized carbons (Fsp3) is 0. The van der Waals surface area contributed by atoms with E-state index < -0.39 is 5.91 Å². The molecular formula is C11H8N6O. The van der Waals surface area contributed by atoms with E-state index in [1.54, 1.807) is 6.07 Å². The average molecular weight is 240 g/mol. The molecule has 0 atom stereocenters. The maximum absolute atomic E-state index is 11.4. The molecule has 0 saturated carbocycles. The first kappa shape index (κ1) is 10.3. The molecule has 0 aliphatic rings. The number of hydrogen-bond acceptors (Lipinski definition) is 5. The van der Waals surface area contributed by atoms with Gasteiger partial charge in [0.1, 0.15) is 5.69 Å². The van der Waals surface area contributed by atoms with E-state index in [1.165, 1.54) is 0 Å². The van der Waals surface area contributed by atoms with E-state index in [0.29, 0.717) is 16.9 Å². The van der Waals surface area contributed by atoms with Crippen molar-refractivity contribution < 1.29 is 4.79 Å². The van der Waals surface area contributed by atoms with E-state index in [0.717, 1.165) is 5.39 Å². The molecule has 0 spiro atoms. The molecule has 3 rings (SSSR count). The van der Waals surface area contributed by atoms with Gasteiger partial charge in [0.25, 0.3) is 5.91 Å². The van der Waals surface area contributed by atoms with Crippen molar-refractivity contribution >= 4 is 16.8 Å². The van der Waals surface area contributed by atoms with Crippen molar-refractivity contribution in [2.24, 2.45) is 5.73 Å².